The van der Waals surface area contributed by atoms with Gasteiger partial charge in [-0.3, -0.25) is 19.2 Å². The van der Waals surface area contributed by atoms with Gasteiger partial charge < -0.3 is 32.5 Å². The Balaban J connectivity index is 2.73. The zero-order valence-electron chi connectivity index (χ0n) is 19.3. The van der Waals surface area contributed by atoms with Crippen LogP contribution in [0.2, 0.25) is 0 Å². The molecule has 12 heteroatoms. The third-order valence-corrected chi connectivity index (χ3v) is 5.57. The lowest BCUT2D eigenvalue weighted by atomic mass is 10.1. The standard InChI is InChI=1S/C22H33N5O6S/c1-13(19(29)27-17(22(32)33)8-9-18(24)28)25-21(31)16(10-11-34-2)26-20(30)15(23)12-14-6-4-3-5-7-14/h3-7,13,15-17H,8-12,23H2,1-2H3,(H2,24,28)(H,25,31)(H,26,30)(H,27,29)(H,32,33). The third-order valence-electron chi connectivity index (χ3n) is 4.92. The number of thioether (sulfide) groups is 1. The monoisotopic (exact) mass is 495 g/mol. The molecule has 4 amide bonds. The number of hydrogen-bond acceptors (Lipinski definition) is 7. The van der Waals surface area contributed by atoms with Crippen molar-refractivity contribution in [1.29, 1.82) is 0 Å². The Morgan fingerprint density at radius 1 is 0.941 bits per heavy atom. The summed E-state index contributed by atoms with van der Waals surface area (Å²) in [6.07, 6.45) is 2.06. The highest BCUT2D eigenvalue weighted by Crippen LogP contribution is 2.05. The maximum atomic E-state index is 12.8. The summed E-state index contributed by atoms with van der Waals surface area (Å²) in [7, 11) is 0. The van der Waals surface area contributed by atoms with Crippen molar-refractivity contribution in [2.75, 3.05) is 12.0 Å². The molecule has 0 aliphatic rings. The summed E-state index contributed by atoms with van der Waals surface area (Å²) in [6, 6.07) is 5.01. The zero-order valence-corrected chi connectivity index (χ0v) is 20.1. The number of nitrogens with one attached hydrogen (secondary N) is 3. The molecule has 0 fully saturated rings. The number of amides is 4. The van der Waals surface area contributed by atoms with Gasteiger partial charge in [0.05, 0.1) is 6.04 Å². The van der Waals surface area contributed by atoms with Gasteiger partial charge in [-0.2, -0.15) is 11.8 Å². The van der Waals surface area contributed by atoms with E-state index in [0.29, 0.717) is 18.6 Å². The number of rotatable bonds is 15. The van der Waals surface area contributed by atoms with Crippen molar-refractivity contribution in [3.8, 4) is 0 Å². The molecule has 8 N–H and O–H groups in total. The van der Waals surface area contributed by atoms with Gasteiger partial charge in [-0.1, -0.05) is 30.3 Å². The summed E-state index contributed by atoms with van der Waals surface area (Å²) in [5, 5.41) is 16.6. The van der Waals surface area contributed by atoms with Crippen molar-refractivity contribution in [3.63, 3.8) is 0 Å². The van der Waals surface area contributed by atoms with Crippen LogP contribution < -0.4 is 27.4 Å². The number of carboxylic acids is 1. The predicted octanol–water partition coefficient (Wildman–Crippen LogP) is -0.866. The average Bonchev–Trinajstić information content (AvgIpc) is 2.79. The van der Waals surface area contributed by atoms with E-state index >= 15 is 0 Å². The summed E-state index contributed by atoms with van der Waals surface area (Å²) in [4.78, 5) is 60.0. The van der Waals surface area contributed by atoms with Crippen LogP contribution in [0.5, 0.6) is 0 Å². The van der Waals surface area contributed by atoms with Crippen LogP contribution in [0, 0.1) is 0 Å². The maximum Gasteiger partial charge on any atom is 0.326 e. The summed E-state index contributed by atoms with van der Waals surface area (Å²) in [5.74, 6) is -3.30. The van der Waals surface area contributed by atoms with Crippen LogP contribution in [0.25, 0.3) is 0 Å². The molecule has 0 aromatic heterocycles. The molecule has 0 spiro atoms. The van der Waals surface area contributed by atoms with E-state index in [1.54, 1.807) is 0 Å². The van der Waals surface area contributed by atoms with Gasteiger partial charge in [0.25, 0.3) is 0 Å². The Labute approximate surface area is 202 Å². The van der Waals surface area contributed by atoms with E-state index in [9.17, 15) is 29.1 Å². The van der Waals surface area contributed by atoms with Gasteiger partial charge in [-0.05, 0) is 43.8 Å². The molecule has 1 aromatic carbocycles. The van der Waals surface area contributed by atoms with Crippen LogP contribution >= 0.6 is 11.8 Å². The first-order chi connectivity index (χ1) is 16.0. The molecule has 34 heavy (non-hydrogen) atoms. The Morgan fingerprint density at radius 3 is 2.12 bits per heavy atom. The molecule has 0 saturated carbocycles. The highest BCUT2D eigenvalue weighted by Gasteiger charge is 2.28. The van der Waals surface area contributed by atoms with Crippen molar-refractivity contribution in [2.24, 2.45) is 11.5 Å². The fourth-order valence-electron chi connectivity index (χ4n) is 2.96. The SMILES string of the molecule is CSCCC(NC(=O)C(N)Cc1ccccc1)C(=O)NC(C)C(=O)NC(CCC(N)=O)C(=O)O. The summed E-state index contributed by atoms with van der Waals surface area (Å²) >= 11 is 1.49. The van der Waals surface area contributed by atoms with E-state index in [1.807, 2.05) is 36.6 Å². The van der Waals surface area contributed by atoms with Gasteiger partial charge in [0, 0.05) is 6.42 Å². The van der Waals surface area contributed by atoms with E-state index in [2.05, 4.69) is 16.0 Å². The van der Waals surface area contributed by atoms with Crippen molar-refractivity contribution in [1.82, 2.24) is 16.0 Å². The molecule has 4 unspecified atom stereocenters. The number of hydrogen-bond donors (Lipinski definition) is 6. The minimum absolute atomic E-state index is 0.178. The van der Waals surface area contributed by atoms with Gasteiger partial charge in [0.15, 0.2) is 0 Å². The van der Waals surface area contributed by atoms with Crippen molar-refractivity contribution in [3.05, 3.63) is 35.9 Å². The smallest absolute Gasteiger partial charge is 0.326 e. The van der Waals surface area contributed by atoms with E-state index in [0.717, 1.165) is 5.56 Å². The summed E-state index contributed by atoms with van der Waals surface area (Å²) < 4.78 is 0. The topological polar surface area (TPSA) is 194 Å². The number of benzene rings is 1. The van der Waals surface area contributed by atoms with Crippen LogP contribution in [0.15, 0.2) is 30.3 Å². The fourth-order valence-corrected chi connectivity index (χ4v) is 3.44. The molecule has 1 aromatic rings. The molecular weight excluding hydrogens is 462 g/mol. The second kappa shape index (κ2) is 14.9. The molecule has 11 nitrogen and oxygen atoms in total. The van der Waals surface area contributed by atoms with Gasteiger partial charge in [-0.15, -0.1) is 0 Å². The first-order valence-corrected chi connectivity index (χ1v) is 12.1. The number of primary amides is 1. The lowest BCUT2D eigenvalue weighted by molar-refractivity contribution is -0.142. The van der Waals surface area contributed by atoms with E-state index < -0.39 is 53.8 Å². The maximum absolute atomic E-state index is 12.8. The predicted molar refractivity (Wildman–Crippen MR) is 129 cm³/mol. The lowest BCUT2D eigenvalue weighted by Crippen LogP contribution is -2.56. The average molecular weight is 496 g/mol. The molecule has 0 aliphatic carbocycles. The van der Waals surface area contributed by atoms with Crippen LogP contribution in [0.3, 0.4) is 0 Å². The second-order valence-electron chi connectivity index (χ2n) is 7.77. The number of aliphatic carboxylic acids is 1. The summed E-state index contributed by atoms with van der Waals surface area (Å²) in [6.45, 7) is 1.38. The molecule has 0 bridgehead atoms. The highest BCUT2D eigenvalue weighted by atomic mass is 32.2. The first kappa shape index (κ1) is 28.9. The van der Waals surface area contributed by atoms with Crippen LogP contribution in [-0.4, -0.2) is 70.9 Å². The van der Waals surface area contributed by atoms with Crippen LogP contribution in [0.1, 0.15) is 31.7 Å². The number of nitrogens with two attached hydrogens (primary N) is 2. The van der Waals surface area contributed by atoms with E-state index in [4.69, 9.17) is 11.5 Å². The number of carbonyl (C=O) groups is 5. The Bertz CT molecular complexity index is 853. The normalized spacial score (nSPS) is 14.2. The molecule has 1 rings (SSSR count). The van der Waals surface area contributed by atoms with Gasteiger partial charge >= 0.3 is 5.97 Å². The Kier molecular flexibility index (Phi) is 12.7. The number of carboxylic acid groups (broad SMARTS) is 1. The van der Waals surface area contributed by atoms with E-state index in [1.165, 1.54) is 18.7 Å². The first-order valence-electron chi connectivity index (χ1n) is 10.8. The quantitative estimate of drug-likeness (QED) is 0.181. The molecule has 188 valence electrons. The van der Waals surface area contributed by atoms with Gasteiger partial charge in [0.1, 0.15) is 18.1 Å². The molecule has 0 saturated heterocycles. The van der Waals surface area contributed by atoms with Gasteiger partial charge in [0.2, 0.25) is 23.6 Å². The largest absolute Gasteiger partial charge is 0.480 e. The van der Waals surface area contributed by atoms with Crippen molar-refractivity contribution < 1.29 is 29.1 Å². The fraction of sp³-hybridized carbons (Fsp3) is 0.500. The summed E-state index contributed by atoms with van der Waals surface area (Å²) in [5.41, 5.74) is 11.9. The minimum Gasteiger partial charge on any atom is -0.480 e. The third kappa shape index (κ3) is 10.7. The van der Waals surface area contributed by atoms with Crippen LogP contribution in [0.4, 0.5) is 0 Å². The van der Waals surface area contributed by atoms with Crippen molar-refractivity contribution in [2.45, 2.75) is 56.8 Å². The molecule has 0 heterocycles. The Hall–Kier alpha value is -3.12. The van der Waals surface area contributed by atoms with E-state index in [-0.39, 0.29) is 12.8 Å². The molecule has 0 aliphatic heterocycles. The molecular formula is C22H33N5O6S. The second-order valence-corrected chi connectivity index (χ2v) is 8.76. The lowest BCUT2D eigenvalue weighted by Gasteiger charge is -2.23. The number of carbonyl (C=O) groups excluding carboxylic acids is 4. The minimum atomic E-state index is -1.33. The molecule has 4 atom stereocenters. The van der Waals surface area contributed by atoms with Gasteiger partial charge in [-0.25, -0.2) is 4.79 Å². The van der Waals surface area contributed by atoms with Crippen molar-refractivity contribution >= 4 is 41.4 Å². The van der Waals surface area contributed by atoms with Crippen LogP contribution in [-0.2, 0) is 30.4 Å². The Morgan fingerprint density at radius 2 is 1.56 bits per heavy atom. The highest BCUT2D eigenvalue weighted by molar-refractivity contribution is 7.98. The zero-order chi connectivity index (χ0) is 25.7. The molecule has 0 radical (unpaired) electrons.